The number of imide groups is 1. The second-order valence-corrected chi connectivity index (χ2v) is 28.3. The van der Waals surface area contributed by atoms with Crippen LogP contribution in [0.3, 0.4) is 0 Å². The zero-order chi connectivity index (χ0) is 84.2. The second kappa shape index (κ2) is 53.2. The highest BCUT2D eigenvalue weighted by Crippen LogP contribution is 2.34. The number of aliphatic hydroxyl groups is 4. The SMILES string of the molecule is CCCCc1nc2c(N)nc3cc(C(=O)O)ccc3c2n1Cc1ccc(C[N+](C)(C)Cc2ccc(O[C@H]3O[C@H](CO)[C@@H](O)[C@H](O)[C@@H]3O)c(NC(=O)CCNC(=O)[C@H](CCCCNC(=O)CCOCCOCCOCCOCCOCCOCCOCCOCCOCCOCCOCCOC)NC(=O)[C@H](CN)N3C(=O)C=CC3=O)c2)cc1. The van der Waals surface area contributed by atoms with E-state index in [4.69, 9.17) is 82.8 Å². The van der Waals surface area contributed by atoms with Crippen molar-refractivity contribution >= 4 is 74.9 Å². The number of hydrogen-bond acceptors (Lipinski definition) is 29. The Morgan fingerprint density at radius 3 is 1.66 bits per heavy atom. The van der Waals surface area contributed by atoms with Gasteiger partial charge in [-0.05, 0) is 67.6 Å². The van der Waals surface area contributed by atoms with Crippen molar-refractivity contribution in [2.24, 2.45) is 5.73 Å². The number of amides is 6. The largest absolute Gasteiger partial charge is 0.478 e. The first-order valence-electron chi connectivity index (χ1n) is 39.7. The van der Waals surface area contributed by atoms with E-state index in [9.17, 15) is 59.1 Å². The number of nitrogen functional groups attached to an aromatic ring is 1. The molecule has 2 aliphatic heterocycles. The molecule has 1 saturated heterocycles. The molecule has 5 aromatic rings. The summed E-state index contributed by atoms with van der Waals surface area (Å²) in [7, 11) is 5.68. The molecule has 0 unspecified atom stereocenters. The maximum absolute atomic E-state index is 14.0. The Labute approximate surface area is 681 Å². The number of fused-ring (bicyclic) bond motifs is 3. The van der Waals surface area contributed by atoms with Crippen molar-refractivity contribution in [1.29, 1.82) is 0 Å². The van der Waals surface area contributed by atoms with Crippen molar-refractivity contribution in [2.75, 3.05) is 210 Å². The number of anilines is 2. The molecule has 0 aliphatic carbocycles. The lowest BCUT2D eigenvalue weighted by Gasteiger charge is -2.39. The molecule has 2 aromatic heterocycles. The molecule has 0 bridgehead atoms. The van der Waals surface area contributed by atoms with Gasteiger partial charge in [0.05, 0.1) is 195 Å². The van der Waals surface area contributed by atoms with Gasteiger partial charge >= 0.3 is 5.97 Å². The third-order valence-electron chi connectivity index (χ3n) is 18.6. The number of rotatable bonds is 63. The number of aryl methyl sites for hydroxylation is 1. The number of benzene rings is 3. The maximum Gasteiger partial charge on any atom is 0.335 e. The van der Waals surface area contributed by atoms with Crippen LogP contribution < -0.4 is 37.5 Å². The third-order valence-corrected chi connectivity index (χ3v) is 18.6. The molecule has 0 spiro atoms. The summed E-state index contributed by atoms with van der Waals surface area (Å²) in [6, 6.07) is 15.2. The van der Waals surface area contributed by atoms with E-state index in [0.29, 0.717) is 191 Å². The van der Waals surface area contributed by atoms with E-state index in [0.717, 1.165) is 58.4 Å². The van der Waals surface area contributed by atoms with Crippen molar-refractivity contribution in [3.8, 4) is 5.75 Å². The molecule has 13 N–H and O–H groups in total. The zero-order valence-corrected chi connectivity index (χ0v) is 67.5. The Morgan fingerprint density at radius 2 is 1.13 bits per heavy atom. The fourth-order valence-corrected chi connectivity index (χ4v) is 12.5. The number of aromatic carboxylic acids is 1. The summed E-state index contributed by atoms with van der Waals surface area (Å²) in [5.41, 5.74) is 17.1. The maximum atomic E-state index is 14.0. The van der Waals surface area contributed by atoms with E-state index >= 15 is 0 Å². The molecule has 37 nitrogen and oxygen atoms in total. The van der Waals surface area contributed by atoms with Crippen LogP contribution in [0, 0.1) is 0 Å². The fraction of sp³-hybridized carbons (Fsp3) is 0.613. The number of nitrogens with one attached hydrogen (secondary N) is 4. The summed E-state index contributed by atoms with van der Waals surface area (Å²) in [4.78, 5) is 102. The van der Waals surface area contributed by atoms with E-state index in [1.165, 1.54) is 12.1 Å². The predicted octanol–water partition coefficient (Wildman–Crippen LogP) is 0.899. The van der Waals surface area contributed by atoms with Gasteiger partial charge in [0.25, 0.3) is 11.8 Å². The van der Waals surface area contributed by atoms with Crippen LogP contribution >= 0.6 is 0 Å². The quantitative estimate of drug-likeness (QED) is 0.0146. The number of carbonyl (C=O) groups is 7. The Morgan fingerprint density at radius 1 is 0.598 bits per heavy atom. The normalized spacial score (nSPS) is 16.8. The van der Waals surface area contributed by atoms with Crippen LogP contribution in [-0.2, 0) is 116 Å². The zero-order valence-electron chi connectivity index (χ0n) is 67.5. The topological polar surface area (TPSA) is 484 Å². The van der Waals surface area contributed by atoms with Gasteiger partial charge in [0.2, 0.25) is 29.9 Å². The number of quaternary nitrogens is 1. The Bertz CT molecular complexity index is 3850. The Balaban J connectivity index is 0.803. The Hall–Kier alpha value is -8.39. The Kier molecular flexibility index (Phi) is 43.5. The highest BCUT2D eigenvalue weighted by atomic mass is 16.7. The third kappa shape index (κ3) is 33.4. The van der Waals surface area contributed by atoms with Gasteiger partial charge in [-0.1, -0.05) is 37.6 Å². The monoisotopic (exact) mass is 1650 g/mol. The molecule has 3 aromatic carbocycles. The number of pyridine rings is 1. The molecular formula is C80H120N11O26+. The molecule has 1 fully saturated rings. The van der Waals surface area contributed by atoms with E-state index in [1.54, 1.807) is 31.4 Å². The number of nitrogens with zero attached hydrogens (tertiary/aromatic N) is 5. The lowest BCUT2D eigenvalue weighted by Crippen LogP contribution is -2.60. The van der Waals surface area contributed by atoms with Crippen molar-refractivity contribution in [3.63, 3.8) is 0 Å². The van der Waals surface area contributed by atoms with Crippen LogP contribution in [0.5, 0.6) is 5.75 Å². The number of aliphatic hydroxyl groups excluding tert-OH is 4. The van der Waals surface area contributed by atoms with Crippen LogP contribution in [0.4, 0.5) is 11.5 Å². The summed E-state index contributed by atoms with van der Waals surface area (Å²) in [5.74, 6) is -4.06. The van der Waals surface area contributed by atoms with Crippen LogP contribution in [0.15, 0.2) is 72.8 Å². The first kappa shape index (κ1) is 95.7. The number of unbranched alkanes of at least 4 members (excludes halogenated alkanes) is 2. The number of ether oxygens (including phenoxy) is 14. The highest BCUT2D eigenvalue weighted by Gasteiger charge is 2.45. The lowest BCUT2D eigenvalue weighted by atomic mass is 9.99. The van der Waals surface area contributed by atoms with E-state index in [-0.39, 0.29) is 80.9 Å². The minimum absolute atomic E-state index is 0.0157. The van der Waals surface area contributed by atoms with Crippen molar-refractivity contribution in [3.05, 3.63) is 101 Å². The van der Waals surface area contributed by atoms with Gasteiger partial charge in [0.1, 0.15) is 66.7 Å². The molecule has 0 radical (unpaired) electrons. The smallest absolute Gasteiger partial charge is 0.335 e. The average Bonchev–Trinajstić information content (AvgIpc) is 1.61. The average molecular weight is 1650 g/mol. The minimum Gasteiger partial charge on any atom is -0.478 e. The minimum atomic E-state index is -1.79. The van der Waals surface area contributed by atoms with E-state index in [2.05, 4.69) is 37.7 Å². The number of hydrogen-bond donors (Lipinski definition) is 11. The number of methoxy groups -OCH3 is 1. The van der Waals surface area contributed by atoms with Crippen molar-refractivity contribution in [2.45, 2.75) is 121 Å². The van der Waals surface area contributed by atoms with E-state index in [1.807, 2.05) is 38.4 Å². The summed E-state index contributed by atoms with van der Waals surface area (Å²) in [6.07, 6.45) is -3.21. The van der Waals surface area contributed by atoms with Gasteiger partial charge in [0.15, 0.2) is 5.82 Å². The number of aromatic nitrogens is 3. The highest BCUT2D eigenvalue weighted by molar-refractivity contribution is 6.15. The molecule has 7 rings (SSSR count). The van der Waals surface area contributed by atoms with Gasteiger partial charge in [-0.2, -0.15) is 0 Å². The molecule has 117 heavy (non-hydrogen) atoms. The standard InChI is InChI=1S/C80H119N11O26/c1-5-6-10-66-88-71-72(59-17-16-58(79(102)103)49-61(59)86-76(71)82)89(66)51-55-11-13-56(14-12-55)52-91(2,3)53-57-15-18-64(116-80-75(99)74(98)73(97)65(54-92)117-80)62(48-57)85-68(94)21-24-84-77(100)60(87-78(101)63(50-81)90-69(95)19-20-70(90)96)9-7-8-23-83-67(93)22-25-105-28-29-107-32-33-109-36-37-111-40-41-113-44-45-115-47-46-114-43-42-112-39-38-110-35-34-108-31-30-106-27-26-104-4/h11-20,48-49,60,63,65,73-75,80,92,97-99H,5-10,21-47,50-54,81H2,1-4H3,(H6-,82,83,84,85,86,87,93,94,100,101,102,103)/p+1/t60-,63-,65+,73+,74-,75-,80-/m0/s1. The summed E-state index contributed by atoms with van der Waals surface area (Å²) in [5, 5.41) is 63.5. The van der Waals surface area contributed by atoms with Crippen molar-refractivity contribution < 1.29 is 130 Å². The summed E-state index contributed by atoms with van der Waals surface area (Å²) < 4.78 is 79.7. The van der Waals surface area contributed by atoms with E-state index < -0.39 is 91.4 Å². The second-order valence-electron chi connectivity index (χ2n) is 28.3. The first-order chi connectivity index (χ1) is 56.6. The van der Waals surface area contributed by atoms with Crippen LogP contribution in [0.1, 0.15) is 84.7 Å². The molecule has 6 amide bonds. The van der Waals surface area contributed by atoms with Gasteiger partial charge in [-0.3, -0.25) is 33.7 Å². The van der Waals surface area contributed by atoms with Gasteiger partial charge in [0, 0.05) is 81.2 Å². The van der Waals surface area contributed by atoms with Crippen molar-refractivity contribution in [1.82, 2.24) is 35.4 Å². The molecule has 2 aliphatic rings. The first-order valence-corrected chi connectivity index (χ1v) is 39.7. The molecule has 37 heteroatoms. The molecule has 0 saturated carbocycles. The number of carbonyl (C=O) groups excluding carboxylic acids is 6. The summed E-state index contributed by atoms with van der Waals surface area (Å²) >= 11 is 0. The predicted molar refractivity (Wildman–Crippen MR) is 425 cm³/mol. The van der Waals surface area contributed by atoms with Gasteiger partial charge in [-0.15, -0.1) is 0 Å². The molecule has 7 atom stereocenters. The lowest BCUT2D eigenvalue weighted by molar-refractivity contribution is -0.916. The van der Waals surface area contributed by atoms with Crippen LogP contribution in [0.25, 0.3) is 21.9 Å². The molecule has 4 heterocycles. The van der Waals surface area contributed by atoms with Gasteiger partial charge in [-0.25, -0.2) is 14.8 Å². The van der Waals surface area contributed by atoms with Crippen LogP contribution in [0.2, 0.25) is 0 Å². The van der Waals surface area contributed by atoms with Gasteiger partial charge < -0.3 is 134 Å². The molecular weight excluding hydrogens is 1530 g/mol. The number of carboxylic acids is 1. The number of nitrogens with two attached hydrogens (primary N) is 2. The van der Waals surface area contributed by atoms with Crippen LogP contribution in [-0.4, -0.2) is 333 Å². The number of carboxylic acid groups (broad SMARTS) is 1. The fourth-order valence-electron chi connectivity index (χ4n) is 12.5. The summed E-state index contributed by atoms with van der Waals surface area (Å²) in [6.45, 7) is 12.0. The molecule has 650 valence electrons. The number of imidazole rings is 1.